The topological polar surface area (TPSA) is 24.7 Å². The Labute approximate surface area is 54.0 Å². The average molecular weight is 211 g/mol. The molecule has 0 saturated carbocycles. The zero-order chi connectivity index (χ0) is 5.54. The van der Waals surface area contributed by atoms with Gasteiger partial charge in [-0.15, -0.1) is 0 Å². The molecule has 0 aliphatic heterocycles. The van der Waals surface area contributed by atoms with E-state index in [0.717, 1.165) is 4.55 Å². The van der Waals surface area contributed by atoms with Crippen molar-refractivity contribution in [1.82, 2.24) is 0 Å². The van der Waals surface area contributed by atoms with E-state index in [4.69, 9.17) is 0 Å². The predicted octanol–water partition coefficient (Wildman–Crippen LogP) is -2.61. The molecule has 0 aromatic rings. The summed E-state index contributed by atoms with van der Waals surface area (Å²) < 4.78 is 0.970. The quantitative estimate of drug-likeness (QED) is 0.161. The molecule has 0 aromatic carbocycles. The molecule has 3 heteroatoms. The van der Waals surface area contributed by atoms with Gasteiger partial charge in [-0.3, -0.25) is 0 Å². The Balaban J connectivity index is 2.92. The van der Waals surface area contributed by atoms with Crippen LogP contribution in [0.1, 0.15) is 0 Å². The summed E-state index contributed by atoms with van der Waals surface area (Å²) in [5.41, 5.74) is 0. The van der Waals surface area contributed by atoms with Crippen molar-refractivity contribution in [2.45, 2.75) is 0 Å². The van der Waals surface area contributed by atoms with Crippen molar-refractivity contribution >= 4 is 13.1 Å². The van der Waals surface area contributed by atoms with E-state index in [1.807, 2.05) is 0 Å². The van der Waals surface area contributed by atoms with Gasteiger partial charge in [-0.05, 0) is 0 Å². The summed E-state index contributed by atoms with van der Waals surface area (Å²) in [6.07, 6.45) is 1.50. The fraction of sp³-hybridized carbons (Fsp3) is 0.500. The Kier molecular flexibility index (Phi) is 6.13. The van der Waals surface area contributed by atoms with E-state index in [9.17, 15) is 0 Å². The van der Waals surface area contributed by atoms with Crippen molar-refractivity contribution in [2.24, 2.45) is 9.98 Å². The Hall–Kier alpha value is 0.0700. The normalized spacial score (nSPS) is 10.4. The molecule has 2 nitrogen and oxygen atoms in total. The van der Waals surface area contributed by atoms with E-state index in [1.165, 1.54) is 6.34 Å². The molecular weight excluding hydrogens is 203 g/mol. The van der Waals surface area contributed by atoms with E-state index >= 15 is 0 Å². The monoisotopic (exact) mass is 211 g/mol. The molecule has 0 rings (SSSR count). The molecule has 0 bridgehead atoms. The summed E-state index contributed by atoms with van der Waals surface area (Å²) in [4.78, 5) is 9.53. The standard InChI is InChI=1S/C4H8IN2/c1-5-3-7-4-6-2/h4H,2-3H2,1H3/q-1. The number of halogens is 1. The average Bonchev–Trinajstić information content (AvgIpc) is 1.69. The molecule has 0 aliphatic rings. The van der Waals surface area contributed by atoms with E-state index in [2.05, 4.69) is 21.6 Å². The van der Waals surface area contributed by atoms with Crippen molar-refractivity contribution in [1.29, 1.82) is 0 Å². The van der Waals surface area contributed by atoms with Gasteiger partial charge in [-0.25, -0.2) is 0 Å². The first kappa shape index (κ1) is 7.07. The maximum atomic E-state index is 3.90. The Morgan fingerprint density at radius 1 is 1.86 bits per heavy atom. The molecule has 0 N–H and O–H groups in total. The van der Waals surface area contributed by atoms with Gasteiger partial charge in [-0.2, -0.15) is 0 Å². The number of nitrogens with zero attached hydrogens (tertiary/aromatic N) is 2. The summed E-state index contributed by atoms with van der Waals surface area (Å²) in [6, 6.07) is 0. The van der Waals surface area contributed by atoms with E-state index in [0.29, 0.717) is 21.2 Å². The Morgan fingerprint density at radius 2 is 2.57 bits per heavy atom. The molecule has 0 saturated heterocycles. The van der Waals surface area contributed by atoms with Crippen molar-refractivity contribution < 1.29 is 21.2 Å². The Morgan fingerprint density at radius 3 is 3.00 bits per heavy atom. The molecule has 0 heterocycles. The molecule has 0 atom stereocenters. The molecule has 0 amide bonds. The van der Waals surface area contributed by atoms with Crippen LogP contribution in [0.4, 0.5) is 0 Å². The van der Waals surface area contributed by atoms with Crippen LogP contribution >= 0.6 is 0 Å². The number of hydrogen-bond donors (Lipinski definition) is 0. The van der Waals surface area contributed by atoms with Crippen LogP contribution in [-0.2, 0) is 0 Å². The molecule has 7 heavy (non-hydrogen) atoms. The molecule has 0 radical (unpaired) electrons. The van der Waals surface area contributed by atoms with Gasteiger partial charge < -0.3 is 0 Å². The third-order valence-corrected chi connectivity index (χ3v) is 1.43. The van der Waals surface area contributed by atoms with Gasteiger partial charge in [0.15, 0.2) is 0 Å². The summed E-state index contributed by atoms with van der Waals surface area (Å²) in [5, 5.41) is 0. The molecule has 42 valence electrons. The van der Waals surface area contributed by atoms with Gasteiger partial charge in [0.2, 0.25) is 0 Å². The number of alkyl halides is 2. The summed E-state index contributed by atoms with van der Waals surface area (Å²) in [5.74, 6) is 0. The molecule has 0 unspecified atom stereocenters. The van der Waals surface area contributed by atoms with Gasteiger partial charge in [0.1, 0.15) is 0 Å². The van der Waals surface area contributed by atoms with Gasteiger partial charge in [0.25, 0.3) is 0 Å². The predicted molar refractivity (Wildman–Crippen MR) is 28.8 cm³/mol. The SMILES string of the molecule is C=NC=NC[I-]C. The van der Waals surface area contributed by atoms with E-state index in [-0.39, 0.29) is 0 Å². The van der Waals surface area contributed by atoms with Gasteiger partial charge in [0.05, 0.1) is 0 Å². The molecule has 0 aromatic heterocycles. The van der Waals surface area contributed by atoms with Crippen molar-refractivity contribution in [3.8, 4) is 0 Å². The minimum atomic E-state index is 0.309. The second kappa shape index (κ2) is 6.07. The molecular formula is C4H8IN2-. The summed E-state index contributed by atoms with van der Waals surface area (Å²) >= 11 is 0.309. The fourth-order valence-corrected chi connectivity index (χ4v) is 0.728. The van der Waals surface area contributed by atoms with Crippen LogP contribution in [-0.4, -0.2) is 22.5 Å². The minimum absolute atomic E-state index is 0.309. The number of rotatable bonds is 3. The van der Waals surface area contributed by atoms with Gasteiger partial charge >= 0.3 is 53.7 Å². The second-order valence-corrected chi connectivity index (χ2v) is 3.08. The summed E-state index contributed by atoms with van der Waals surface area (Å²) in [6.45, 7) is 3.25. The molecule has 0 aliphatic carbocycles. The van der Waals surface area contributed by atoms with E-state index < -0.39 is 0 Å². The van der Waals surface area contributed by atoms with Crippen LogP contribution in [0.2, 0.25) is 0 Å². The third kappa shape index (κ3) is 6.07. The second-order valence-electron chi connectivity index (χ2n) is 0.867. The van der Waals surface area contributed by atoms with Crippen molar-refractivity contribution in [2.75, 3.05) is 9.48 Å². The fourth-order valence-electron chi connectivity index (χ4n) is 0.158. The van der Waals surface area contributed by atoms with Crippen LogP contribution < -0.4 is 21.2 Å². The first-order valence-corrected chi connectivity index (χ1v) is 5.48. The first-order chi connectivity index (χ1) is 3.41. The van der Waals surface area contributed by atoms with Gasteiger partial charge in [-0.1, -0.05) is 0 Å². The van der Waals surface area contributed by atoms with Crippen LogP contribution in [0.15, 0.2) is 9.98 Å². The molecule has 0 fully saturated rings. The van der Waals surface area contributed by atoms with Crippen molar-refractivity contribution in [3.05, 3.63) is 0 Å². The summed E-state index contributed by atoms with van der Waals surface area (Å²) in [7, 11) is 0. The Bertz CT molecular complexity index is 70.1. The van der Waals surface area contributed by atoms with Crippen LogP contribution in [0, 0.1) is 0 Å². The maximum absolute atomic E-state index is 3.90. The molecule has 0 spiro atoms. The van der Waals surface area contributed by atoms with E-state index in [1.54, 1.807) is 0 Å². The zero-order valence-electron chi connectivity index (χ0n) is 4.26. The number of hydrogen-bond acceptors (Lipinski definition) is 1. The van der Waals surface area contributed by atoms with Crippen LogP contribution in [0.5, 0.6) is 0 Å². The number of aliphatic imine (C=N–C) groups is 2. The van der Waals surface area contributed by atoms with Gasteiger partial charge in [0, 0.05) is 0 Å². The van der Waals surface area contributed by atoms with Crippen LogP contribution in [0.3, 0.4) is 0 Å². The van der Waals surface area contributed by atoms with Crippen molar-refractivity contribution in [3.63, 3.8) is 0 Å². The first-order valence-electron chi connectivity index (χ1n) is 1.79. The zero-order valence-corrected chi connectivity index (χ0v) is 6.42. The van der Waals surface area contributed by atoms with Crippen LogP contribution in [0.25, 0.3) is 0 Å². The third-order valence-electron chi connectivity index (χ3n) is 0.352.